The van der Waals surface area contributed by atoms with Gasteiger partial charge in [0.15, 0.2) is 0 Å². The fraction of sp³-hybridized carbons (Fsp3) is 0.300. The van der Waals surface area contributed by atoms with Crippen molar-refractivity contribution in [2.45, 2.75) is 19.1 Å². The van der Waals surface area contributed by atoms with Crippen LogP contribution in [-0.2, 0) is 23.9 Å². The van der Waals surface area contributed by atoms with Crippen molar-refractivity contribution < 1.29 is 29.0 Å². The lowest BCUT2D eigenvalue weighted by Crippen LogP contribution is -2.46. The van der Waals surface area contributed by atoms with E-state index in [2.05, 4.69) is 22.6 Å². The lowest BCUT2D eigenvalue weighted by atomic mass is 10.2. The van der Waals surface area contributed by atoms with Crippen LogP contribution in [0.15, 0.2) is 25.3 Å². The van der Waals surface area contributed by atoms with E-state index in [1.165, 1.54) is 6.92 Å². The molecule has 0 amide bonds. The molecule has 0 aliphatic rings. The number of carboxylic acid groups (broad SMARTS) is 1. The minimum atomic E-state index is -2.34. The number of carboxylic acids is 1. The summed E-state index contributed by atoms with van der Waals surface area (Å²) in [5.74, 6) is -5.92. The molecule has 0 unspecified atom stereocenters. The van der Waals surface area contributed by atoms with Gasteiger partial charge in [0.05, 0.1) is 0 Å². The normalized spacial score (nSPS) is 10.1. The van der Waals surface area contributed by atoms with E-state index in [-0.39, 0.29) is 6.42 Å². The third kappa shape index (κ3) is 3.23. The highest BCUT2D eigenvalue weighted by molar-refractivity contribution is 5.89. The molecule has 6 nitrogen and oxygen atoms in total. The average molecular weight is 228 g/mol. The van der Waals surface area contributed by atoms with Crippen molar-refractivity contribution in [2.75, 3.05) is 0 Å². The van der Waals surface area contributed by atoms with Crippen LogP contribution in [0.25, 0.3) is 0 Å². The predicted molar refractivity (Wildman–Crippen MR) is 53.2 cm³/mol. The van der Waals surface area contributed by atoms with Gasteiger partial charge in [-0.15, -0.1) is 0 Å². The van der Waals surface area contributed by atoms with Gasteiger partial charge in [-0.2, -0.15) is 0 Å². The molecule has 0 fully saturated rings. The quantitative estimate of drug-likeness (QED) is 0.407. The van der Waals surface area contributed by atoms with Crippen molar-refractivity contribution >= 4 is 17.9 Å². The van der Waals surface area contributed by atoms with Gasteiger partial charge < -0.3 is 14.6 Å². The Balaban J connectivity index is 5.06. The Kier molecular flexibility index (Phi) is 4.94. The Morgan fingerprint density at radius 2 is 1.56 bits per heavy atom. The van der Waals surface area contributed by atoms with Gasteiger partial charge in [-0.3, -0.25) is 0 Å². The zero-order valence-corrected chi connectivity index (χ0v) is 8.76. The van der Waals surface area contributed by atoms with E-state index in [4.69, 9.17) is 5.11 Å². The van der Waals surface area contributed by atoms with Crippen molar-refractivity contribution in [3.8, 4) is 0 Å². The monoisotopic (exact) mass is 228 g/mol. The largest absolute Gasteiger partial charge is 0.475 e. The molecule has 0 aromatic rings. The molecular formula is C10H12O6. The Morgan fingerprint density at radius 1 is 1.19 bits per heavy atom. The minimum absolute atomic E-state index is 0.235. The number of carbonyl (C=O) groups is 3. The van der Waals surface area contributed by atoms with Gasteiger partial charge in [0.1, 0.15) is 0 Å². The van der Waals surface area contributed by atoms with Crippen LogP contribution in [0.1, 0.15) is 13.3 Å². The van der Waals surface area contributed by atoms with Crippen LogP contribution in [-0.4, -0.2) is 28.8 Å². The molecule has 0 saturated carbocycles. The van der Waals surface area contributed by atoms with Crippen LogP contribution in [0.4, 0.5) is 0 Å². The summed E-state index contributed by atoms with van der Waals surface area (Å²) in [5.41, 5.74) is 0. The van der Waals surface area contributed by atoms with Crippen molar-refractivity contribution in [3.63, 3.8) is 0 Å². The molecule has 16 heavy (non-hydrogen) atoms. The van der Waals surface area contributed by atoms with Crippen molar-refractivity contribution in [1.82, 2.24) is 0 Å². The van der Waals surface area contributed by atoms with Gasteiger partial charge in [0.25, 0.3) is 0 Å². The van der Waals surface area contributed by atoms with Crippen LogP contribution in [0.2, 0.25) is 0 Å². The third-order valence-electron chi connectivity index (χ3n) is 1.66. The molecule has 0 spiro atoms. The molecule has 0 saturated heterocycles. The maximum absolute atomic E-state index is 10.9. The average Bonchev–Trinajstić information content (AvgIpc) is 2.27. The molecule has 0 bridgehead atoms. The van der Waals surface area contributed by atoms with Crippen molar-refractivity contribution in [2.24, 2.45) is 0 Å². The Labute approximate surface area is 92.2 Å². The van der Waals surface area contributed by atoms with Gasteiger partial charge in [-0.25, -0.2) is 14.4 Å². The van der Waals surface area contributed by atoms with Crippen LogP contribution in [0.5, 0.6) is 0 Å². The van der Waals surface area contributed by atoms with Gasteiger partial charge >= 0.3 is 23.7 Å². The number of hydrogen-bond acceptors (Lipinski definition) is 5. The fourth-order valence-corrected chi connectivity index (χ4v) is 0.812. The molecule has 6 heteroatoms. The Bertz CT molecular complexity index is 308. The molecule has 0 aromatic heterocycles. The third-order valence-corrected chi connectivity index (χ3v) is 1.66. The van der Waals surface area contributed by atoms with Crippen LogP contribution in [0.3, 0.4) is 0 Å². The van der Waals surface area contributed by atoms with Gasteiger partial charge in [-0.1, -0.05) is 20.1 Å². The SMILES string of the molecule is C=CC(=O)OC(CC)(OC(=O)C=C)C(=O)O. The summed E-state index contributed by atoms with van der Waals surface area (Å²) >= 11 is 0. The number of aliphatic carboxylic acids is 1. The van der Waals surface area contributed by atoms with Crippen LogP contribution in [0, 0.1) is 0 Å². The van der Waals surface area contributed by atoms with Gasteiger partial charge in [-0.05, 0) is 0 Å². The number of carbonyl (C=O) groups excluding carboxylic acids is 2. The summed E-state index contributed by atoms with van der Waals surface area (Å²) < 4.78 is 9.05. The summed E-state index contributed by atoms with van der Waals surface area (Å²) in [4.78, 5) is 32.8. The first-order chi connectivity index (χ1) is 7.41. The molecule has 0 rings (SSSR count). The van der Waals surface area contributed by atoms with Crippen molar-refractivity contribution in [3.05, 3.63) is 25.3 Å². The predicted octanol–water partition coefficient (Wildman–Crippen LogP) is 0.636. The second kappa shape index (κ2) is 5.69. The topological polar surface area (TPSA) is 89.9 Å². The molecule has 0 radical (unpaired) electrons. The molecule has 0 aliphatic carbocycles. The highest BCUT2D eigenvalue weighted by Gasteiger charge is 2.44. The molecule has 88 valence electrons. The first kappa shape index (κ1) is 13.9. The molecule has 0 aliphatic heterocycles. The van der Waals surface area contributed by atoms with Gasteiger partial charge in [0.2, 0.25) is 0 Å². The van der Waals surface area contributed by atoms with Crippen molar-refractivity contribution in [1.29, 1.82) is 0 Å². The number of hydrogen-bond donors (Lipinski definition) is 1. The number of esters is 2. The van der Waals surface area contributed by atoms with E-state index in [1.807, 2.05) is 0 Å². The molecule has 0 aromatic carbocycles. The maximum atomic E-state index is 10.9. The molecular weight excluding hydrogens is 216 g/mol. The summed E-state index contributed by atoms with van der Waals surface area (Å²) in [6, 6.07) is 0. The Hall–Kier alpha value is -2.11. The van der Waals surface area contributed by atoms with E-state index in [9.17, 15) is 14.4 Å². The zero-order valence-electron chi connectivity index (χ0n) is 8.76. The highest BCUT2D eigenvalue weighted by Crippen LogP contribution is 2.19. The van der Waals surface area contributed by atoms with E-state index in [0.717, 1.165) is 12.2 Å². The second-order valence-corrected chi connectivity index (χ2v) is 2.66. The molecule has 0 heterocycles. The standard InChI is InChI=1S/C10H12O6/c1-4-7(11)15-10(6-3,9(13)14)16-8(12)5-2/h4-5H,1-2,6H2,3H3,(H,13,14). The molecule has 1 N–H and O–H groups in total. The van der Waals surface area contributed by atoms with E-state index >= 15 is 0 Å². The van der Waals surface area contributed by atoms with Crippen LogP contribution >= 0.6 is 0 Å². The first-order valence-corrected chi connectivity index (χ1v) is 4.36. The van der Waals surface area contributed by atoms with E-state index < -0.39 is 23.7 Å². The molecule has 0 atom stereocenters. The van der Waals surface area contributed by atoms with Gasteiger partial charge in [0, 0.05) is 18.6 Å². The summed E-state index contributed by atoms with van der Waals surface area (Å²) in [5, 5.41) is 8.89. The minimum Gasteiger partial charge on any atom is -0.475 e. The first-order valence-electron chi connectivity index (χ1n) is 4.36. The fourth-order valence-electron chi connectivity index (χ4n) is 0.812. The lowest BCUT2D eigenvalue weighted by molar-refractivity contribution is -0.232. The number of rotatable bonds is 6. The van der Waals surface area contributed by atoms with E-state index in [1.54, 1.807) is 0 Å². The second-order valence-electron chi connectivity index (χ2n) is 2.66. The lowest BCUT2D eigenvalue weighted by Gasteiger charge is -2.26. The maximum Gasteiger partial charge on any atom is 0.390 e. The van der Waals surface area contributed by atoms with Crippen LogP contribution < -0.4 is 0 Å². The number of ether oxygens (including phenoxy) is 2. The zero-order chi connectivity index (χ0) is 12.8. The summed E-state index contributed by atoms with van der Waals surface area (Å²) in [6.07, 6.45) is 1.31. The highest BCUT2D eigenvalue weighted by atomic mass is 16.7. The smallest absolute Gasteiger partial charge is 0.390 e. The van der Waals surface area contributed by atoms with E-state index in [0.29, 0.717) is 0 Å². The summed E-state index contributed by atoms with van der Waals surface area (Å²) in [7, 11) is 0. The summed E-state index contributed by atoms with van der Waals surface area (Å²) in [6.45, 7) is 7.61. The Morgan fingerprint density at radius 3 is 1.75 bits per heavy atom.